The van der Waals surface area contributed by atoms with E-state index >= 15 is 0 Å². The van der Waals surface area contributed by atoms with E-state index in [2.05, 4.69) is 41.1 Å². The number of alkyl halides is 1. The van der Waals surface area contributed by atoms with Crippen LogP contribution >= 0.6 is 39.1 Å². The van der Waals surface area contributed by atoms with E-state index in [0.29, 0.717) is 10.0 Å². The van der Waals surface area contributed by atoms with Gasteiger partial charge in [-0.1, -0.05) is 56.8 Å². The molecule has 0 fully saturated rings. The standard InChI is InChI=1S/C17H13BrCl2O/c1-10-2-5-16-12(6-10)9-17(21-16)13(18)7-11-3-4-14(19)15(20)8-11/h2-6,8-9,13H,7H2,1H3. The summed E-state index contributed by atoms with van der Waals surface area (Å²) in [6.45, 7) is 2.08. The van der Waals surface area contributed by atoms with Gasteiger partial charge < -0.3 is 4.42 Å². The summed E-state index contributed by atoms with van der Waals surface area (Å²) in [5.74, 6) is 0.918. The van der Waals surface area contributed by atoms with Crippen molar-refractivity contribution < 1.29 is 4.42 Å². The molecule has 0 aliphatic heterocycles. The van der Waals surface area contributed by atoms with Crippen molar-refractivity contribution in [2.45, 2.75) is 18.2 Å². The maximum absolute atomic E-state index is 6.05. The molecule has 0 saturated heterocycles. The molecule has 0 spiro atoms. The van der Waals surface area contributed by atoms with Crippen LogP contribution in [0.3, 0.4) is 0 Å². The molecule has 0 saturated carbocycles. The molecule has 1 nitrogen and oxygen atoms in total. The molecule has 108 valence electrons. The summed E-state index contributed by atoms with van der Waals surface area (Å²) in [4.78, 5) is 0.0995. The number of fused-ring (bicyclic) bond motifs is 1. The van der Waals surface area contributed by atoms with Crippen molar-refractivity contribution in [1.82, 2.24) is 0 Å². The normalized spacial score (nSPS) is 12.8. The molecular weight excluding hydrogens is 371 g/mol. The average molecular weight is 384 g/mol. The molecule has 0 N–H and O–H groups in total. The van der Waals surface area contributed by atoms with Gasteiger partial charge in [-0.3, -0.25) is 0 Å². The lowest BCUT2D eigenvalue weighted by atomic mass is 10.1. The van der Waals surface area contributed by atoms with Gasteiger partial charge in [0.1, 0.15) is 11.3 Å². The zero-order valence-electron chi connectivity index (χ0n) is 11.4. The van der Waals surface area contributed by atoms with E-state index in [1.165, 1.54) is 5.56 Å². The lowest BCUT2D eigenvalue weighted by molar-refractivity contribution is 0.545. The molecule has 0 amide bonds. The first-order valence-electron chi connectivity index (χ1n) is 6.61. The van der Waals surface area contributed by atoms with Crippen LogP contribution in [0.4, 0.5) is 0 Å². The molecule has 4 heteroatoms. The van der Waals surface area contributed by atoms with Gasteiger partial charge in [0.25, 0.3) is 0 Å². The van der Waals surface area contributed by atoms with Crippen molar-refractivity contribution in [1.29, 1.82) is 0 Å². The van der Waals surface area contributed by atoms with Gasteiger partial charge in [-0.2, -0.15) is 0 Å². The Hall–Kier alpha value is -0.960. The summed E-state index contributed by atoms with van der Waals surface area (Å²) >= 11 is 15.7. The lowest BCUT2D eigenvalue weighted by Gasteiger charge is -2.07. The molecule has 0 radical (unpaired) electrons. The first kappa shape index (κ1) is 15.0. The minimum absolute atomic E-state index is 0.0995. The zero-order valence-corrected chi connectivity index (χ0v) is 14.5. The van der Waals surface area contributed by atoms with Gasteiger partial charge in [0.15, 0.2) is 0 Å². The minimum atomic E-state index is 0.0995. The fourth-order valence-corrected chi connectivity index (χ4v) is 3.23. The molecule has 0 aliphatic rings. The fraction of sp³-hybridized carbons (Fsp3) is 0.176. The zero-order chi connectivity index (χ0) is 15.0. The van der Waals surface area contributed by atoms with Gasteiger partial charge >= 0.3 is 0 Å². The van der Waals surface area contributed by atoms with Crippen molar-refractivity contribution >= 4 is 50.1 Å². The summed E-state index contributed by atoms with van der Waals surface area (Å²) in [5, 5.41) is 2.28. The molecule has 21 heavy (non-hydrogen) atoms. The van der Waals surface area contributed by atoms with Gasteiger partial charge in [0.05, 0.1) is 14.9 Å². The Labute approximate surface area is 142 Å². The average Bonchev–Trinajstić information content (AvgIpc) is 2.86. The number of benzene rings is 2. The van der Waals surface area contributed by atoms with Crippen LogP contribution in [-0.4, -0.2) is 0 Å². The van der Waals surface area contributed by atoms with E-state index in [9.17, 15) is 0 Å². The van der Waals surface area contributed by atoms with Crippen LogP contribution in [0.15, 0.2) is 46.9 Å². The highest BCUT2D eigenvalue weighted by Gasteiger charge is 2.14. The van der Waals surface area contributed by atoms with Crippen LogP contribution in [0.5, 0.6) is 0 Å². The third-order valence-electron chi connectivity index (χ3n) is 3.40. The van der Waals surface area contributed by atoms with Crippen molar-refractivity contribution in [3.63, 3.8) is 0 Å². The summed E-state index contributed by atoms with van der Waals surface area (Å²) in [6, 6.07) is 14.0. The quantitative estimate of drug-likeness (QED) is 0.457. The van der Waals surface area contributed by atoms with Gasteiger partial charge in [0.2, 0.25) is 0 Å². The SMILES string of the molecule is Cc1ccc2oc(C(Br)Cc3ccc(Cl)c(Cl)c3)cc2c1. The lowest BCUT2D eigenvalue weighted by Crippen LogP contribution is -1.93. The Morgan fingerprint density at radius 1 is 1.05 bits per heavy atom. The maximum Gasteiger partial charge on any atom is 0.134 e. The predicted molar refractivity (Wildman–Crippen MR) is 92.8 cm³/mol. The molecule has 2 aromatic carbocycles. The molecular formula is C17H13BrCl2O. The van der Waals surface area contributed by atoms with Crippen molar-refractivity contribution in [2.75, 3.05) is 0 Å². The summed E-state index contributed by atoms with van der Waals surface area (Å²) in [5.41, 5.74) is 3.25. The smallest absolute Gasteiger partial charge is 0.134 e. The Bertz CT molecular complexity index is 795. The highest BCUT2D eigenvalue weighted by Crippen LogP contribution is 2.33. The topological polar surface area (TPSA) is 13.1 Å². The predicted octanol–water partition coefficient (Wildman–Crippen LogP) is 6.73. The van der Waals surface area contributed by atoms with E-state index in [-0.39, 0.29) is 4.83 Å². The van der Waals surface area contributed by atoms with Gasteiger partial charge in [-0.25, -0.2) is 0 Å². The molecule has 0 aliphatic carbocycles. The monoisotopic (exact) mass is 382 g/mol. The van der Waals surface area contributed by atoms with Crippen molar-refractivity contribution in [2.24, 2.45) is 0 Å². The van der Waals surface area contributed by atoms with Gasteiger partial charge in [-0.15, -0.1) is 0 Å². The minimum Gasteiger partial charge on any atom is -0.460 e. The van der Waals surface area contributed by atoms with Crippen LogP contribution < -0.4 is 0 Å². The Morgan fingerprint density at radius 3 is 2.62 bits per heavy atom. The van der Waals surface area contributed by atoms with Crippen LogP contribution in [0, 0.1) is 6.92 Å². The van der Waals surface area contributed by atoms with Crippen LogP contribution in [0.1, 0.15) is 21.7 Å². The van der Waals surface area contributed by atoms with E-state index in [4.69, 9.17) is 27.6 Å². The molecule has 3 aromatic rings. The molecule has 0 bridgehead atoms. The second kappa shape index (κ2) is 6.04. The van der Waals surface area contributed by atoms with Gasteiger partial charge in [-0.05, 0) is 49.2 Å². The largest absolute Gasteiger partial charge is 0.460 e. The number of rotatable bonds is 3. The molecule has 1 aromatic heterocycles. The second-order valence-corrected chi connectivity index (χ2v) is 7.03. The van der Waals surface area contributed by atoms with E-state index in [1.807, 2.05) is 24.3 Å². The van der Waals surface area contributed by atoms with Gasteiger partial charge in [0, 0.05) is 5.39 Å². The first-order valence-corrected chi connectivity index (χ1v) is 8.28. The summed E-state index contributed by atoms with van der Waals surface area (Å²) in [6.07, 6.45) is 0.787. The number of hydrogen-bond donors (Lipinski definition) is 0. The highest BCUT2D eigenvalue weighted by atomic mass is 79.9. The van der Waals surface area contributed by atoms with E-state index < -0.39 is 0 Å². The maximum atomic E-state index is 6.05. The Kier molecular flexibility index (Phi) is 4.30. The number of hydrogen-bond acceptors (Lipinski definition) is 1. The first-order chi connectivity index (χ1) is 10.0. The molecule has 1 atom stereocenters. The van der Waals surface area contributed by atoms with E-state index in [0.717, 1.165) is 28.7 Å². The van der Waals surface area contributed by atoms with Crippen molar-refractivity contribution in [3.05, 3.63) is 69.4 Å². The second-order valence-electron chi connectivity index (χ2n) is 5.11. The van der Waals surface area contributed by atoms with E-state index in [1.54, 1.807) is 0 Å². The number of furan rings is 1. The van der Waals surface area contributed by atoms with Crippen molar-refractivity contribution in [3.8, 4) is 0 Å². The fourth-order valence-electron chi connectivity index (χ4n) is 2.31. The summed E-state index contributed by atoms with van der Waals surface area (Å²) in [7, 11) is 0. The third-order valence-corrected chi connectivity index (χ3v) is 4.91. The highest BCUT2D eigenvalue weighted by molar-refractivity contribution is 9.09. The summed E-state index contributed by atoms with van der Waals surface area (Å²) < 4.78 is 5.91. The Morgan fingerprint density at radius 2 is 1.86 bits per heavy atom. The molecule has 1 unspecified atom stereocenters. The van der Waals surface area contributed by atoms with Crippen LogP contribution in [-0.2, 0) is 6.42 Å². The third kappa shape index (κ3) is 3.28. The van der Waals surface area contributed by atoms with Crippen LogP contribution in [0.2, 0.25) is 10.0 Å². The molecule has 1 heterocycles. The molecule has 3 rings (SSSR count). The number of aryl methyl sites for hydroxylation is 1. The number of halogens is 3. The Balaban J connectivity index is 1.85. The van der Waals surface area contributed by atoms with Crippen LogP contribution in [0.25, 0.3) is 11.0 Å².